The van der Waals surface area contributed by atoms with Crippen LogP contribution in [0.5, 0.6) is 0 Å². The summed E-state index contributed by atoms with van der Waals surface area (Å²) in [5.41, 5.74) is 1.60. The number of rotatable bonds is 6. The van der Waals surface area contributed by atoms with Gasteiger partial charge in [-0.1, -0.05) is 30.3 Å². The zero-order chi connectivity index (χ0) is 16.8. The van der Waals surface area contributed by atoms with Crippen molar-refractivity contribution in [3.8, 4) is 0 Å². The normalized spacial score (nSPS) is 13.1. The molecule has 1 aromatic carbocycles. The Labute approximate surface area is 133 Å². The Kier molecular flexibility index (Phi) is 5.35. The third-order valence-corrected chi connectivity index (χ3v) is 3.39. The fraction of sp³-hybridized carbons (Fsp3) is 0.312. The van der Waals surface area contributed by atoms with Crippen molar-refractivity contribution in [3.63, 3.8) is 0 Å². The molecule has 1 heterocycles. The van der Waals surface area contributed by atoms with E-state index in [1.807, 2.05) is 30.3 Å². The lowest BCUT2D eigenvalue weighted by atomic mass is 10.1. The van der Waals surface area contributed by atoms with Crippen molar-refractivity contribution >= 4 is 12.1 Å². The maximum absolute atomic E-state index is 11.8. The third kappa shape index (κ3) is 4.57. The molecule has 0 aliphatic carbocycles. The zero-order valence-corrected chi connectivity index (χ0v) is 13.0. The lowest BCUT2D eigenvalue weighted by molar-refractivity contribution is -0.140. The number of benzene rings is 1. The molecule has 2 rings (SSSR count). The van der Waals surface area contributed by atoms with Gasteiger partial charge in [0.15, 0.2) is 6.04 Å². The van der Waals surface area contributed by atoms with Crippen LogP contribution in [0.1, 0.15) is 24.2 Å². The molecule has 0 radical (unpaired) electrons. The molecule has 0 saturated heterocycles. The van der Waals surface area contributed by atoms with Crippen LogP contribution in [-0.4, -0.2) is 33.0 Å². The Morgan fingerprint density at radius 2 is 2.00 bits per heavy atom. The van der Waals surface area contributed by atoms with Crippen molar-refractivity contribution in [2.45, 2.75) is 32.5 Å². The highest BCUT2D eigenvalue weighted by Crippen LogP contribution is 2.12. The van der Waals surface area contributed by atoms with Crippen molar-refractivity contribution < 1.29 is 19.4 Å². The summed E-state index contributed by atoms with van der Waals surface area (Å²) in [6.07, 6.45) is 0.893. The van der Waals surface area contributed by atoms with Gasteiger partial charge in [0.2, 0.25) is 0 Å². The highest BCUT2D eigenvalue weighted by atomic mass is 16.5. The summed E-state index contributed by atoms with van der Waals surface area (Å²) in [6.45, 7) is 3.55. The molecule has 7 nitrogen and oxygen atoms in total. The summed E-state index contributed by atoms with van der Waals surface area (Å²) < 4.78 is 6.56. The van der Waals surface area contributed by atoms with Gasteiger partial charge in [0, 0.05) is 6.20 Å². The molecule has 0 saturated carbocycles. The largest absolute Gasteiger partial charge is 0.480 e. The second kappa shape index (κ2) is 7.44. The molecule has 0 bridgehead atoms. The van der Waals surface area contributed by atoms with Crippen LogP contribution < -0.4 is 5.32 Å². The van der Waals surface area contributed by atoms with Crippen molar-refractivity contribution in [2.24, 2.45) is 0 Å². The average molecular weight is 317 g/mol. The number of hydrogen-bond acceptors (Lipinski definition) is 4. The van der Waals surface area contributed by atoms with Crippen molar-refractivity contribution in [3.05, 3.63) is 53.9 Å². The van der Waals surface area contributed by atoms with Crippen LogP contribution in [0.4, 0.5) is 4.79 Å². The molecule has 0 aliphatic rings. The topological polar surface area (TPSA) is 93.5 Å². The fourth-order valence-corrected chi connectivity index (χ4v) is 2.09. The van der Waals surface area contributed by atoms with E-state index in [-0.39, 0.29) is 6.61 Å². The molecular formula is C16H19N3O4. The van der Waals surface area contributed by atoms with Crippen LogP contribution in [0.2, 0.25) is 0 Å². The molecule has 23 heavy (non-hydrogen) atoms. The molecule has 2 unspecified atom stereocenters. The number of nitrogens with zero attached hydrogens (tertiary/aromatic N) is 2. The lowest BCUT2D eigenvalue weighted by Crippen LogP contribution is -2.46. The van der Waals surface area contributed by atoms with Gasteiger partial charge in [-0.05, 0) is 25.5 Å². The summed E-state index contributed by atoms with van der Waals surface area (Å²) >= 11 is 0. The quantitative estimate of drug-likeness (QED) is 0.851. The van der Waals surface area contributed by atoms with Crippen LogP contribution in [0.25, 0.3) is 0 Å². The third-order valence-electron chi connectivity index (χ3n) is 3.39. The van der Waals surface area contributed by atoms with Gasteiger partial charge in [-0.25, -0.2) is 9.59 Å². The van der Waals surface area contributed by atoms with Crippen molar-refractivity contribution in [2.75, 3.05) is 0 Å². The smallest absolute Gasteiger partial charge is 0.408 e. The first-order valence-corrected chi connectivity index (χ1v) is 7.19. The summed E-state index contributed by atoms with van der Waals surface area (Å²) in [5, 5.41) is 15.9. The van der Waals surface area contributed by atoms with Gasteiger partial charge >= 0.3 is 12.1 Å². The molecule has 7 heteroatoms. The minimum Gasteiger partial charge on any atom is -0.480 e. The molecule has 122 valence electrons. The van der Waals surface area contributed by atoms with E-state index in [0.717, 1.165) is 11.3 Å². The standard InChI is InChI=1S/C16H19N3O4/c1-11-8-9-19(18-11)12(2)14(15(20)21)17-16(22)23-10-13-6-4-3-5-7-13/h3-9,12,14H,10H2,1-2H3,(H,17,22)(H,20,21). The predicted octanol–water partition coefficient (Wildman–Crippen LogP) is 2.13. The fourth-order valence-electron chi connectivity index (χ4n) is 2.09. The van der Waals surface area contributed by atoms with E-state index in [1.165, 1.54) is 4.68 Å². The summed E-state index contributed by atoms with van der Waals surface area (Å²) in [4.78, 5) is 23.3. The van der Waals surface area contributed by atoms with Gasteiger partial charge in [0.25, 0.3) is 0 Å². The number of carbonyl (C=O) groups is 2. The monoisotopic (exact) mass is 317 g/mol. The number of carbonyl (C=O) groups excluding carboxylic acids is 1. The van der Waals surface area contributed by atoms with Crippen LogP contribution in [0.3, 0.4) is 0 Å². The first-order chi connectivity index (χ1) is 11.0. The highest BCUT2D eigenvalue weighted by Gasteiger charge is 2.28. The molecular weight excluding hydrogens is 298 g/mol. The lowest BCUT2D eigenvalue weighted by Gasteiger charge is -2.21. The first-order valence-electron chi connectivity index (χ1n) is 7.19. The Morgan fingerprint density at radius 3 is 2.57 bits per heavy atom. The number of aryl methyl sites for hydroxylation is 1. The number of carboxylic acids is 1. The minimum absolute atomic E-state index is 0.0777. The molecule has 0 spiro atoms. The first kappa shape index (κ1) is 16.5. The average Bonchev–Trinajstić information content (AvgIpc) is 2.97. The van der Waals surface area contributed by atoms with E-state index < -0.39 is 24.1 Å². The number of hydrogen-bond donors (Lipinski definition) is 2. The molecule has 0 aliphatic heterocycles. The van der Waals surface area contributed by atoms with Gasteiger partial charge in [-0.2, -0.15) is 5.10 Å². The number of amides is 1. The summed E-state index contributed by atoms with van der Waals surface area (Å²) in [5.74, 6) is -1.15. The number of aromatic nitrogens is 2. The van der Waals surface area contributed by atoms with Gasteiger partial charge < -0.3 is 15.2 Å². The Hall–Kier alpha value is -2.83. The van der Waals surface area contributed by atoms with Gasteiger partial charge in [-0.3, -0.25) is 4.68 Å². The molecule has 1 amide bonds. The van der Waals surface area contributed by atoms with Crippen LogP contribution in [-0.2, 0) is 16.1 Å². The second-order valence-electron chi connectivity index (χ2n) is 5.20. The molecule has 0 fully saturated rings. The zero-order valence-electron chi connectivity index (χ0n) is 13.0. The van der Waals surface area contributed by atoms with E-state index in [0.29, 0.717) is 0 Å². The SMILES string of the molecule is Cc1ccn(C(C)C(NC(=O)OCc2ccccc2)C(=O)O)n1. The van der Waals surface area contributed by atoms with Crippen LogP contribution >= 0.6 is 0 Å². The Bertz CT molecular complexity index is 669. The Balaban J connectivity index is 1.96. The number of nitrogens with one attached hydrogen (secondary N) is 1. The van der Waals surface area contributed by atoms with Crippen molar-refractivity contribution in [1.82, 2.24) is 15.1 Å². The molecule has 2 N–H and O–H groups in total. The Morgan fingerprint density at radius 1 is 1.30 bits per heavy atom. The maximum atomic E-state index is 11.8. The maximum Gasteiger partial charge on any atom is 0.408 e. The van der Waals surface area contributed by atoms with E-state index in [2.05, 4.69) is 10.4 Å². The van der Waals surface area contributed by atoms with E-state index >= 15 is 0 Å². The molecule has 2 atom stereocenters. The van der Waals surface area contributed by atoms with E-state index in [4.69, 9.17) is 4.74 Å². The number of carboxylic acid groups (broad SMARTS) is 1. The van der Waals surface area contributed by atoms with Gasteiger partial charge in [0.05, 0.1) is 11.7 Å². The minimum atomic E-state index is -1.15. The predicted molar refractivity (Wildman–Crippen MR) is 82.9 cm³/mol. The van der Waals surface area contributed by atoms with Gasteiger partial charge in [0.1, 0.15) is 6.61 Å². The van der Waals surface area contributed by atoms with Gasteiger partial charge in [-0.15, -0.1) is 0 Å². The van der Waals surface area contributed by atoms with E-state index in [9.17, 15) is 14.7 Å². The number of alkyl carbamates (subject to hydrolysis) is 1. The summed E-state index contributed by atoms with van der Waals surface area (Å²) in [7, 11) is 0. The second-order valence-corrected chi connectivity index (χ2v) is 5.20. The van der Waals surface area contributed by atoms with Crippen LogP contribution in [0.15, 0.2) is 42.6 Å². The van der Waals surface area contributed by atoms with Crippen LogP contribution in [0, 0.1) is 6.92 Å². The van der Waals surface area contributed by atoms with E-state index in [1.54, 1.807) is 26.1 Å². The van der Waals surface area contributed by atoms with Crippen molar-refractivity contribution in [1.29, 1.82) is 0 Å². The molecule has 1 aromatic heterocycles. The highest BCUT2D eigenvalue weighted by molar-refractivity contribution is 5.80. The molecule has 2 aromatic rings. The number of aliphatic carboxylic acids is 1. The summed E-state index contributed by atoms with van der Waals surface area (Å²) in [6, 6.07) is 9.23. The number of ether oxygens (including phenoxy) is 1.